The summed E-state index contributed by atoms with van der Waals surface area (Å²) in [6, 6.07) is -0.392. The van der Waals surface area contributed by atoms with E-state index in [0.717, 1.165) is 38.8 Å². The summed E-state index contributed by atoms with van der Waals surface area (Å²) in [6.07, 6.45) is 4.35. The second kappa shape index (κ2) is 7.70. The van der Waals surface area contributed by atoms with E-state index in [1.807, 2.05) is 25.7 Å². The van der Waals surface area contributed by atoms with Crippen LogP contribution in [0.5, 0.6) is 0 Å². The SMILES string of the molecule is CCCCN(CCCC)C(=O)[C@H](N)C(C)(C)C. The zero-order chi connectivity index (χ0) is 13.5. The van der Waals surface area contributed by atoms with Gasteiger partial charge in [-0.05, 0) is 18.3 Å². The van der Waals surface area contributed by atoms with Crippen LogP contribution in [0.2, 0.25) is 0 Å². The summed E-state index contributed by atoms with van der Waals surface area (Å²) in [5.41, 5.74) is 5.89. The Kier molecular flexibility index (Phi) is 7.44. The van der Waals surface area contributed by atoms with Gasteiger partial charge in [0, 0.05) is 13.1 Å². The van der Waals surface area contributed by atoms with Gasteiger partial charge in [-0.25, -0.2) is 0 Å². The van der Waals surface area contributed by atoms with Crippen LogP contribution in [0.25, 0.3) is 0 Å². The van der Waals surface area contributed by atoms with E-state index in [1.165, 1.54) is 0 Å². The van der Waals surface area contributed by atoms with Crippen molar-refractivity contribution in [2.24, 2.45) is 11.1 Å². The third-order valence-electron chi connectivity index (χ3n) is 3.07. The summed E-state index contributed by atoms with van der Waals surface area (Å²) < 4.78 is 0. The number of unbranched alkanes of at least 4 members (excludes halogenated alkanes) is 2. The van der Waals surface area contributed by atoms with Crippen molar-refractivity contribution in [1.82, 2.24) is 4.90 Å². The number of nitrogens with zero attached hydrogens (tertiary/aromatic N) is 1. The smallest absolute Gasteiger partial charge is 0.240 e. The highest BCUT2D eigenvalue weighted by Crippen LogP contribution is 2.19. The average molecular weight is 242 g/mol. The van der Waals surface area contributed by atoms with Gasteiger partial charge in [0.25, 0.3) is 0 Å². The zero-order valence-electron chi connectivity index (χ0n) is 12.3. The van der Waals surface area contributed by atoms with Gasteiger partial charge in [0.1, 0.15) is 0 Å². The quantitative estimate of drug-likeness (QED) is 0.746. The Hall–Kier alpha value is -0.570. The minimum Gasteiger partial charge on any atom is -0.341 e. The summed E-state index contributed by atoms with van der Waals surface area (Å²) in [6.45, 7) is 12.0. The molecule has 0 radical (unpaired) electrons. The number of hydrogen-bond acceptors (Lipinski definition) is 2. The van der Waals surface area contributed by atoms with E-state index in [4.69, 9.17) is 5.73 Å². The largest absolute Gasteiger partial charge is 0.341 e. The van der Waals surface area contributed by atoms with E-state index in [2.05, 4.69) is 13.8 Å². The first-order valence-electron chi connectivity index (χ1n) is 6.89. The maximum absolute atomic E-state index is 12.3. The Morgan fingerprint density at radius 1 is 1.12 bits per heavy atom. The van der Waals surface area contributed by atoms with Crippen molar-refractivity contribution in [2.45, 2.75) is 66.3 Å². The standard InChI is InChI=1S/C14H30N2O/c1-6-8-10-16(11-9-7-2)13(17)12(15)14(3,4)5/h12H,6-11,15H2,1-5H3/t12-/m0/s1. The van der Waals surface area contributed by atoms with Gasteiger partial charge in [0.2, 0.25) is 5.91 Å². The van der Waals surface area contributed by atoms with Crippen LogP contribution in [-0.4, -0.2) is 29.9 Å². The second-order valence-corrected chi connectivity index (χ2v) is 5.88. The number of hydrogen-bond donors (Lipinski definition) is 1. The summed E-state index contributed by atoms with van der Waals surface area (Å²) in [7, 11) is 0. The Bertz CT molecular complexity index is 213. The summed E-state index contributed by atoms with van der Waals surface area (Å²) in [5, 5.41) is 0. The van der Waals surface area contributed by atoms with E-state index < -0.39 is 6.04 Å². The minimum absolute atomic E-state index is 0.111. The molecule has 0 heterocycles. The Balaban J connectivity index is 4.50. The molecule has 0 spiro atoms. The summed E-state index contributed by atoms with van der Waals surface area (Å²) in [4.78, 5) is 14.2. The molecule has 2 N–H and O–H groups in total. The van der Waals surface area contributed by atoms with Gasteiger partial charge in [0.05, 0.1) is 6.04 Å². The van der Waals surface area contributed by atoms with Crippen molar-refractivity contribution in [3.63, 3.8) is 0 Å². The van der Waals surface area contributed by atoms with Gasteiger partial charge < -0.3 is 10.6 Å². The molecule has 0 aromatic heterocycles. The maximum Gasteiger partial charge on any atom is 0.240 e. The third kappa shape index (κ3) is 6.06. The molecule has 0 unspecified atom stereocenters. The fourth-order valence-electron chi connectivity index (χ4n) is 1.60. The number of amides is 1. The maximum atomic E-state index is 12.3. The first-order valence-corrected chi connectivity index (χ1v) is 6.89. The average Bonchev–Trinajstić information content (AvgIpc) is 2.26. The van der Waals surface area contributed by atoms with Crippen LogP contribution in [0.1, 0.15) is 60.3 Å². The molecule has 3 heteroatoms. The highest BCUT2D eigenvalue weighted by atomic mass is 16.2. The lowest BCUT2D eigenvalue weighted by atomic mass is 9.86. The van der Waals surface area contributed by atoms with Crippen LogP contribution in [0.3, 0.4) is 0 Å². The van der Waals surface area contributed by atoms with Crippen LogP contribution >= 0.6 is 0 Å². The lowest BCUT2D eigenvalue weighted by Crippen LogP contribution is -2.50. The molecular formula is C14H30N2O. The Morgan fingerprint density at radius 3 is 1.82 bits per heavy atom. The van der Waals surface area contributed by atoms with E-state index in [9.17, 15) is 4.79 Å². The number of rotatable bonds is 7. The van der Waals surface area contributed by atoms with Crippen molar-refractivity contribution >= 4 is 5.91 Å². The second-order valence-electron chi connectivity index (χ2n) is 5.88. The highest BCUT2D eigenvalue weighted by Gasteiger charge is 2.30. The van der Waals surface area contributed by atoms with Crippen molar-refractivity contribution in [1.29, 1.82) is 0 Å². The van der Waals surface area contributed by atoms with Crippen LogP contribution in [0.15, 0.2) is 0 Å². The molecular weight excluding hydrogens is 212 g/mol. The molecule has 1 atom stereocenters. The lowest BCUT2D eigenvalue weighted by molar-refractivity contribution is -0.135. The monoisotopic (exact) mass is 242 g/mol. The Labute approximate surface area is 107 Å². The van der Waals surface area contributed by atoms with E-state index in [-0.39, 0.29) is 11.3 Å². The van der Waals surface area contributed by atoms with Crippen molar-refractivity contribution in [3.05, 3.63) is 0 Å². The number of nitrogens with two attached hydrogens (primary N) is 1. The van der Waals surface area contributed by atoms with E-state index in [0.29, 0.717) is 0 Å². The van der Waals surface area contributed by atoms with Gasteiger partial charge in [-0.15, -0.1) is 0 Å². The molecule has 17 heavy (non-hydrogen) atoms. The van der Waals surface area contributed by atoms with Crippen molar-refractivity contribution in [3.8, 4) is 0 Å². The van der Waals surface area contributed by atoms with Crippen molar-refractivity contribution in [2.75, 3.05) is 13.1 Å². The molecule has 0 fully saturated rings. The molecule has 1 amide bonds. The Morgan fingerprint density at radius 2 is 1.53 bits per heavy atom. The fourth-order valence-corrected chi connectivity index (χ4v) is 1.60. The molecule has 102 valence electrons. The van der Waals surface area contributed by atoms with Gasteiger partial charge in [-0.1, -0.05) is 47.5 Å². The highest BCUT2D eigenvalue weighted by molar-refractivity contribution is 5.82. The topological polar surface area (TPSA) is 46.3 Å². The molecule has 0 aromatic carbocycles. The molecule has 0 saturated carbocycles. The molecule has 0 rings (SSSR count). The normalized spacial score (nSPS) is 13.5. The van der Waals surface area contributed by atoms with Gasteiger partial charge in [-0.2, -0.15) is 0 Å². The molecule has 0 aromatic rings. The number of carbonyl (C=O) groups is 1. The third-order valence-corrected chi connectivity index (χ3v) is 3.07. The van der Waals surface area contributed by atoms with E-state index >= 15 is 0 Å². The van der Waals surface area contributed by atoms with Crippen LogP contribution in [0, 0.1) is 5.41 Å². The van der Waals surface area contributed by atoms with Crippen LogP contribution in [-0.2, 0) is 4.79 Å². The molecule has 0 bridgehead atoms. The predicted octanol–water partition coefficient (Wildman–Crippen LogP) is 2.79. The summed E-state index contributed by atoms with van der Waals surface area (Å²) >= 11 is 0. The van der Waals surface area contributed by atoms with Crippen molar-refractivity contribution < 1.29 is 4.79 Å². The summed E-state index contributed by atoms with van der Waals surface area (Å²) in [5.74, 6) is 0.111. The fraction of sp³-hybridized carbons (Fsp3) is 0.929. The van der Waals surface area contributed by atoms with Gasteiger partial charge in [-0.3, -0.25) is 4.79 Å². The molecule has 0 saturated heterocycles. The molecule has 0 aliphatic rings. The minimum atomic E-state index is -0.392. The van der Waals surface area contributed by atoms with Gasteiger partial charge >= 0.3 is 0 Å². The van der Waals surface area contributed by atoms with Crippen LogP contribution < -0.4 is 5.73 Å². The predicted molar refractivity (Wildman–Crippen MR) is 73.8 cm³/mol. The first-order chi connectivity index (χ1) is 7.84. The lowest BCUT2D eigenvalue weighted by Gasteiger charge is -2.32. The number of carbonyl (C=O) groups excluding carboxylic acids is 1. The molecule has 0 aliphatic heterocycles. The zero-order valence-corrected chi connectivity index (χ0v) is 12.3. The molecule has 3 nitrogen and oxygen atoms in total. The van der Waals surface area contributed by atoms with Gasteiger partial charge in [0.15, 0.2) is 0 Å². The van der Waals surface area contributed by atoms with Crippen LogP contribution in [0.4, 0.5) is 0 Å². The first kappa shape index (κ1) is 16.4. The van der Waals surface area contributed by atoms with E-state index in [1.54, 1.807) is 0 Å². The molecule has 0 aliphatic carbocycles.